The van der Waals surface area contributed by atoms with Crippen molar-refractivity contribution in [3.05, 3.63) is 35.9 Å². The van der Waals surface area contributed by atoms with E-state index in [0.29, 0.717) is 17.5 Å². The molecule has 0 radical (unpaired) electrons. The summed E-state index contributed by atoms with van der Waals surface area (Å²) in [6.07, 6.45) is 3.95. The Kier molecular flexibility index (Phi) is 5.45. The molecule has 3 unspecified atom stereocenters. The summed E-state index contributed by atoms with van der Waals surface area (Å²) in [5, 5.41) is 3.95. The highest BCUT2D eigenvalue weighted by atomic mass is 15.1. The maximum atomic E-state index is 3.95. The van der Waals surface area contributed by atoms with Crippen molar-refractivity contribution in [3.63, 3.8) is 0 Å². The average Bonchev–Trinajstić information content (AvgIpc) is 2.36. The molecular formula is C19H32N2. The van der Waals surface area contributed by atoms with Crippen LogP contribution in [0.5, 0.6) is 0 Å². The molecule has 0 spiro atoms. The quantitative estimate of drug-likeness (QED) is 0.878. The molecule has 1 N–H and O–H groups in total. The van der Waals surface area contributed by atoms with Crippen LogP contribution in [0.15, 0.2) is 30.3 Å². The Morgan fingerprint density at radius 3 is 2.43 bits per heavy atom. The van der Waals surface area contributed by atoms with E-state index >= 15 is 0 Å². The summed E-state index contributed by atoms with van der Waals surface area (Å²) in [7, 11) is 4.32. The number of hydrogen-bond acceptors (Lipinski definition) is 2. The number of hydrogen-bond donors (Lipinski definition) is 1. The van der Waals surface area contributed by atoms with E-state index in [0.717, 1.165) is 12.5 Å². The third kappa shape index (κ3) is 5.12. The molecule has 0 aliphatic heterocycles. The lowest BCUT2D eigenvalue weighted by Crippen LogP contribution is -2.44. The van der Waals surface area contributed by atoms with Gasteiger partial charge in [0.2, 0.25) is 0 Å². The predicted octanol–water partition coefficient (Wildman–Crippen LogP) is 4.09. The molecule has 0 aromatic heterocycles. The number of likely N-dealkylation sites (N-methyl/N-ethyl adjacent to an activating group) is 1. The van der Waals surface area contributed by atoms with E-state index in [9.17, 15) is 0 Å². The molecular weight excluding hydrogens is 256 g/mol. The first-order valence-corrected chi connectivity index (χ1v) is 8.31. The van der Waals surface area contributed by atoms with Crippen molar-refractivity contribution >= 4 is 0 Å². The minimum Gasteiger partial charge on any atom is -0.308 e. The fourth-order valence-electron chi connectivity index (χ4n) is 4.06. The Bertz CT molecular complexity index is 424. The Labute approximate surface area is 130 Å². The summed E-state index contributed by atoms with van der Waals surface area (Å²) in [6.45, 7) is 8.29. The molecule has 118 valence electrons. The predicted molar refractivity (Wildman–Crippen MR) is 91.5 cm³/mol. The van der Waals surface area contributed by atoms with E-state index < -0.39 is 0 Å². The van der Waals surface area contributed by atoms with Crippen LogP contribution in [-0.4, -0.2) is 31.6 Å². The molecule has 1 saturated carbocycles. The highest BCUT2D eigenvalue weighted by molar-refractivity contribution is 5.19. The van der Waals surface area contributed by atoms with Gasteiger partial charge in [-0.1, -0.05) is 51.1 Å². The van der Waals surface area contributed by atoms with Crippen LogP contribution < -0.4 is 5.32 Å². The van der Waals surface area contributed by atoms with Crippen molar-refractivity contribution in [2.75, 3.05) is 20.6 Å². The first kappa shape index (κ1) is 16.5. The molecule has 21 heavy (non-hydrogen) atoms. The summed E-state index contributed by atoms with van der Waals surface area (Å²) in [4.78, 5) is 2.28. The lowest BCUT2D eigenvalue weighted by atomic mass is 9.70. The monoisotopic (exact) mass is 288 g/mol. The van der Waals surface area contributed by atoms with Gasteiger partial charge in [0.15, 0.2) is 0 Å². The van der Waals surface area contributed by atoms with Crippen LogP contribution in [-0.2, 0) is 0 Å². The Morgan fingerprint density at radius 1 is 1.19 bits per heavy atom. The van der Waals surface area contributed by atoms with Crippen molar-refractivity contribution in [3.8, 4) is 0 Å². The Morgan fingerprint density at radius 2 is 1.86 bits per heavy atom. The molecule has 0 amide bonds. The first-order valence-electron chi connectivity index (χ1n) is 8.31. The fourth-order valence-corrected chi connectivity index (χ4v) is 4.06. The van der Waals surface area contributed by atoms with Gasteiger partial charge in [0.1, 0.15) is 0 Å². The second-order valence-corrected chi connectivity index (χ2v) is 8.00. The minimum atomic E-state index is 0.423. The maximum absolute atomic E-state index is 3.95. The number of nitrogens with one attached hydrogen (secondary N) is 1. The summed E-state index contributed by atoms with van der Waals surface area (Å²) in [6, 6.07) is 11.9. The first-order chi connectivity index (χ1) is 9.85. The summed E-state index contributed by atoms with van der Waals surface area (Å²) in [5.74, 6) is 0.821. The van der Waals surface area contributed by atoms with Crippen molar-refractivity contribution in [1.29, 1.82) is 0 Å². The topological polar surface area (TPSA) is 15.3 Å². The largest absolute Gasteiger partial charge is 0.308 e. The van der Waals surface area contributed by atoms with Crippen molar-refractivity contribution in [2.24, 2.45) is 11.3 Å². The van der Waals surface area contributed by atoms with Crippen LogP contribution in [0.3, 0.4) is 0 Å². The molecule has 1 aromatic rings. The third-order valence-corrected chi connectivity index (χ3v) is 4.57. The minimum absolute atomic E-state index is 0.423. The second kappa shape index (κ2) is 6.93. The molecule has 2 heteroatoms. The number of benzene rings is 1. The van der Waals surface area contributed by atoms with Crippen LogP contribution in [0.25, 0.3) is 0 Å². The molecule has 0 heterocycles. The van der Waals surface area contributed by atoms with E-state index in [-0.39, 0.29) is 0 Å². The lowest BCUT2D eigenvalue weighted by Gasteiger charge is -2.41. The molecule has 2 rings (SSSR count). The van der Waals surface area contributed by atoms with Crippen LogP contribution >= 0.6 is 0 Å². The van der Waals surface area contributed by atoms with Crippen LogP contribution in [0, 0.1) is 11.3 Å². The molecule has 0 bridgehead atoms. The van der Waals surface area contributed by atoms with Gasteiger partial charge in [-0.3, -0.25) is 0 Å². The fraction of sp³-hybridized carbons (Fsp3) is 0.684. The average molecular weight is 288 g/mol. The molecule has 1 fully saturated rings. The van der Waals surface area contributed by atoms with Gasteiger partial charge in [-0.25, -0.2) is 0 Å². The zero-order valence-corrected chi connectivity index (χ0v) is 14.4. The number of rotatable bonds is 5. The van der Waals surface area contributed by atoms with E-state index in [1.54, 1.807) is 0 Å². The van der Waals surface area contributed by atoms with Gasteiger partial charge in [-0.05, 0) is 50.3 Å². The van der Waals surface area contributed by atoms with Gasteiger partial charge in [-0.15, -0.1) is 0 Å². The zero-order valence-electron chi connectivity index (χ0n) is 14.4. The van der Waals surface area contributed by atoms with Gasteiger partial charge in [-0.2, -0.15) is 0 Å². The SMILES string of the molecule is CC1CC(NC(CN(C)C)c2ccccc2)CC(C)(C)C1. The molecule has 3 atom stereocenters. The smallest absolute Gasteiger partial charge is 0.0451 e. The molecule has 1 aliphatic carbocycles. The maximum Gasteiger partial charge on any atom is 0.0451 e. The number of nitrogens with zero attached hydrogens (tertiary/aromatic N) is 1. The lowest BCUT2D eigenvalue weighted by molar-refractivity contribution is 0.140. The van der Waals surface area contributed by atoms with Crippen LogP contribution in [0.2, 0.25) is 0 Å². The summed E-state index contributed by atoms with van der Waals surface area (Å²) in [5.41, 5.74) is 1.87. The van der Waals surface area contributed by atoms with Crippen LogP contribution in [0.4, 0.5) is 0 Å². The van der Waals surface area contributed by atoms with Crippen molar-refractivity contribution < 1.29 is 0 Å². The second-order valence-electron chi connectivity index (χ2n) is 8.00. The van der Waals surface area contributed by atoms with Crippen molar-refractivity contribution in [1.82, 2.24) is 10.2 Å². The molecule has 2 nitrogen and oxygen atoms in total. The molecule has 0 saturated heterocycles. The third-order valence-electron chi connectivity index (χ3n) is 4.57. The Balaban J connectivity index is 2.08. The van der Waals surface area contributed by atoms with Gasteiger partial charge >= 0.3 is 0 Å². The van der Waals surface area contributed by atoms with E-state index in [1.807, 2.05) is 0 Å². The van der Waals surface area contributed by atoms with Gasteiger partial charge in [0, 0.05) is 18.6 Å². The molecule has 1 aliphatic rings. The summed E-state index contributed by atoms with van der Waals surface area (Å²) < 4.78 is 0. The standard InChI is InChI=1S/C19H32N2/c1-15-11-17(13-19(2,3)12-15)20-18(14-21(4)5)16-9-7-6-8-10-16/h6-10,15,17-18,20H,11-14H2,1-5H3. The normalized spacial score (nSPS) is 26.8. The van der Waals surface area contributed by atoms with E-state index in [4.69, 9.17) is 0 Å². The zero-order chi connectivity index (χ0) is 15.5. The van der Waals surface area contributed by atoms with Crippen LogP contribution in [0.1, 0.15) is 51.6 Å². The Hall–Kier alpha value is -0.860. The van der Waals surface area contributed by atoms with Gasteiger partial charge in [0.05, 0.1) is 0 Å². The van der Waals surface area contributed by atoms with E-state index in [2.05, 4.69) is 75.4 Å². The van der Waals surface area contributed by atoms with Gasteiger partial charge < -0.3 is 10.2 Å². The van der Waals surface area contributed by atoms with Gasteiger partial charge in [0.25, 0.3) is 0 Å². The highest BCUT2D eigenvalue weighted by Gasteiger charge is 2.33. The highest BCUT2D eigenvalue weighted by Crippen LogP contribution is 2.39. The van der Waals surface area contributed by atoms with Crippen molar-refractivity contribution in [2.45, 2.75) is 52.1 Å². The molecule has 1 aromatic carbocycles. The van der Waals surface area contributed by atoms with E-state index in [1.165, 1.54) is 24.8 Å². The summed E-state index contributed by atoms with van der Waals surface area (Å²) >= 11 is 0.